The molecule has 4 amide bonds. The second kappa shape index (κ2) is 4.14. The minimum Gasteiger partial charge on any atom is -0.399 e. The van der Waals surface area contributed by atoms with Crippen LogP contribution in [-0.4, -0.2) is 34.7 Å². The van der Waals surface area contributed by atoms with E-state index < -0.39 is 17.8 Å². The highest BCUT2D eigenvalue weighted by Crippen LogP contribution is 2.20. The van der Waals surface area contributed by atoms with Crippen LogP contribution in [0.1, 0.15) is 11.1 Å². The maximum atomic E-state index is 11.7. The van der Waals surface area contributed by atoms with Crippen LogP contribution in [0.3, 0.4) is 0 Å². The molecule has 0 unspecified atom stereocenters. The molecule has 1 heterocycles. The summed E-state index contributed by atoms with van der Waals surface area (Å²) in [6, 6.07) is 4.65. The van der Waals surface area contributed by atoms with Crippen LogP contribution in [0.4, 0.5) is 10.5 Å². The van der Waals surface area contributed by atoms with Crippen LogP contribution in [0.15, 0.2) is 18.2 Å². The molecule has 0 aliphatic carbocycles. The van der Waals surface area contributed by atoms with E-state index >= 15 is 0 Å². The quantitative estimate of drug-likeness (QED) is 0.468. The Hall–Kier alpha value is -2.37. The molecule has 1 fully saturated rings. The largest absolute Gasteiger partial charge is 0.399 e. The van der Waals surface area contributed by atoms with Crippen molar-refractivity contribution in [3.63, 3.8) is 0 Å². The smallest absolute Gasteiger partial charge is 0.334 e. The van der Waals surface area contributed by atoms with Gasteiger partial charge in [0.15, 0.2) is 0 Å². The zero-order valence-corrected chi connectivity index (χ0v) is 10.1. The van der Waals surface area contributed by atoms with Crippen molar-refractivity contribution in [3.8, 4) is 0 Å². The van der Waals surface area contributed by atoms with Crippen molar-refractivity contribution in [1.82, 2.24) is 9.80 Å². The van der Waals surface area contributed by atoms with Crippen LogP contribution < -0.4 is 5.73 Å². The molecular formula is C12H13N3O3. The highest BCUT2D eigenvalue weighted by atomic mass is 16.2. The summed E-state index contributed by atoms with van der Waals surface area (Å²) >= 11 is 0. The molecule has 2 N–H and O–H groups in total. The Morgan fingerprint density at radius 2 is 1.83 bits per heavy atom. The van der Waals surface area contributed by atoms with E-state index in [1.807, 2.05) is 0 Å². The Bertz CT molecular complexity index is 553. The van der Waals surface area contributed by atoms with Gasteiger partial charge in [0.25, 0.3) is 0 Å². The molecule has 0 spiro atoms. The van der Waals surface area contributed by atoms with Crippen LogP contribution in [-0.2, 0) is 16.1 Å². The van der Waals surface area contributed by atoms with E-state index in [-0.39, 0.29) is 6.54 Å². The standard InChI is InChI=1S/C12H13N3O3/c1-7-8(4-3-5-9(7)13)6-15-11(17)10(16)14(2)12(15)18/h3-5H,6,13H2,1-2H3. The number of likely N-dealkylation sites (N-methyl/N-ethyl adjacent to an activating group) is 1. The van der Waals surface area contributed by atoms with Crippen molar-refractivity contribution < 1.29 is 14.4 Å². The zero-order valence-electron chi connectivity index (χ0n) is 10.1. The summed E-state index contributed by atoms with van der Waals surface area (Å²) in [4.78, 5) is 36.4. The van der Waals surface area contributed by atoms with Gasteiger partial charge in [0.05, 0.1) is 6.54 Å². The molecule has 0 saturated carbocycles. The Balaban J connectivity index is 2.30. The van der Waals surface area contributed by atoms with Gasteiger partial charge in [0.1, 0.15) is 0 Å². The normalized spacial score (nSPS) is 15.8. The number of carbonyl (C=O) groups is 3. The zero-order chi connectivity index (χ0) is 13.4. The van der Waals surface area contributed by atoms with Gasteiger partial charge in [-0.25, -0.2) is 4.79 Å². The van der Waals surface area contributed by atoms with E-state index in [1.165, 1.54) is 7.05 Å². The lowest BCUT2D eigenvalue weighted by molar-refractivity contribution is -0.143. The first kappa shape index (κ1) is 12.1. The molecule has 94 valence electrons. The second-order valence-electron chi connectivity index (χ2n) is 4.17. The Kier molecular flexibility index (Phi) is 2.78. The maximum absolute atomic E-state index is 11.7. The van der Waals surface area contributed by atoms with Crippen LogP contribution in [0.2, 0.25) is 0 Å². The summed E-state index contributed by atoms with van der Waals surface area (Å²) < 4.78 is 0. The number of anilines is 1. The maximum Gasteiger partial charge on any atom is 0.334 e. The number of amides is 4. The summed E-state index contributed by atoms with van der Waals surface area (Å²) in [5, 5.41) is 0. The number of carbonyl (C=O) groups excluding carboxylic acids is 3. The number of nitrogens with zero attached hydrogens (tertiary/aromatic N) is 2. The summed E-state index contributed by atoms with van der Waals surface area (Å²) in [5.74, 6) is -1.61. The summed E-state index contributed by atoms with van der Waals surface area (Å²) in [6.45, 7) is 1.87. The molecule has 0 aromatic heterocycles. The van der Waals surface area contributed by atoms with Crippen molar-refractivity contribution in [2.24, 2.45) is 0 Å². The summed E-state index contributed by atoms with van der Waals surface area (Å²) in [6.07, 6.45) is 0. The van der Waals surface area contributed by atoms with Gasteiger partial charge in [-0.05, 0) is 24.1 Å². The highest BCUT2D eigenvalue weighted by molar-refractivity contribution is 6.44. The predicted molar refractivity (Wildman–Crippen MR) is 64.3 cm³/mol. The number of rotatable bonds is 2. The first-order valence-corrected chi connectivity index (χ1v) is 5.41. The van der Waals surface area contributed by atoms with Gasteiger partial charge in [-0.2, -0.15) is 0 Å². The number of nitrogens with two attached hydrogens (primary N) is 1. The van der Waals surface area contributed by atoms with E-state index in [9.17, 15) is 14.4 Å². The van der Waals surface area contributed by atoms with Crippen molar-refractivity contribution >= 4 is 23.5 Å². The molecule has 1 aliphatic heterocycles. The minimum atomic E-state index is -0.804. The Morgan fingerprint density at radius 1 is 1.17 bits per heavy atom. The van der Waals surface area contributed by atoms with E-state index in [0.717, 1.165) is 20.9 Å². The van der Waals surface area contributed by atoms with Crippen molar-refractivity contribution in [2.45, 2.75) is 13.5 Å². The lowest BCUT2D eigenvalue weighted by Crippen LogP contribution is -2.31. The van der Waals surface area contributed by atoms with Gasteiger partial charge in [-0.3, -0.25) is 19.4 Å². The average Bonchev–Trinajstić information content (AvgIpc) is 2.52. The molecule has 18 heavy (non-hydrogen) atoms. The summed E-state index contributed by atoms with van der Waals surface area (Å²) in [5.41, 5.74) is 7.90. The van der Waals surface area contributed by atoms with Crippen molar-refractivity contribution in [3.05, 3.63) is 29.3 Å². The minimum absolute atomic E-state index is 0.0601. The van der Waals surface area contributed by atoms with Gasteiger partial charge >= 0.3 is 17.8 Å². The molecule has 6 nitrogen and oxygen atoms in total. The molecule has 2 rings (SSSR count). The van der Waals surface area contributed by atoms with Crippen molar-refractivity contribution in [2.75, 3.05) is 12.8 Å². The Morgan fingerprint density at radius 3 is 2.39 bits per heavy atom. The predicted octanol–water partition coefficient (Wildman–Crippen LogP) is 0.498. The molecule has 0 radical (unpaired) electrons. The molecule has 1 aliphatic rings. The first-order valence-electron chi connectivity index (χ1n) is 5.41. The second-order valence-corrected chi connectivity index (χ2v) is 4.17. The Labute approximate surface area is 104 Å². The lowest BCUT2D eigenvalue weighted by Gasteiger charge is -2.15. The van der Waals surface area contributed by atoms with Crippen LogP contribution >= 0.6 is 0 Å². The van der Waals surface area contributed by atoms with Gasteiger partial charge in [0.2, 0.25) is 0 Å². The molecule has 1 saturated heterocycles. The molecule has 6 heteroatoms. The third-order valence-corrected chi connectivity index (χ3v) is 3.07. The fraction of sp³-hybridized carbons (Fsp3) is 0.250. The molecular weight excluding hydrogens is 234 g/mol. The number of nitrogen functional groups attached to an aromatic ring is 1. The van der Waals surface area contributed by atoms with Crippen LogP contribution in [0, 0.1) is 6.92 Å². The third kappa shape index (κ3) is 1.71. The third-order valence-electron chi connectivity index (χ3n) is 3.07. The number of urea groups is 1. The number of imide groups is 2. The fourth-order valence-electron chi connectivity index (χ4n) is 1.80. The summed E-state index contributed by atoms with van der Waals surface area (Å²) in [7, 11) is 1.29. The molecule has 1 aromatic rings. The van der Waals surface area contributed by atoms with E-state index in [1.54, 1.807) is 25.1 Å². The van der Waals surface area contributed by atoms with Crippen molar-refractivity contribution in [1.29, 1.82) is 0 Å². The fourth-order valence-corrected chi connectivity index (χ4v) is 1.80. The highest BCUT2D eigenvalue weighted by Gasteiger charge is 2.42. The monoisotopic (exact) mass is 247 g/mol. The number of hydrogen-bond donors (Lipinski definition) is 1. The SMILES string of the molecule is Cc1c(N)cccc1CN1C(=O)C(=O)N(C)C1=O. The first-order chi connectivity index (χ1) is 8.43. The van der Waals surface area contributed by atoms with E-state index in [4.69, 9.17) is 5.73 Å². The molecule has 0 bridgehead atoms. The van der Waals surface area contributed by atoms with E-state index in [2.05, 4.69) is 0 Å². The number of hydrogen-bond acceptors (Lipinski definition) is 4. The topological polar surface area (TPSA) is 83.7 Å². The lowest BCUT2D eigenvalue weighted by atomic mass is 10.1. The van der Waals surface area contributed by atoms with Gasteiger partial charge in [-0.1, -0.05) is 12.1 Å². The van der Waals surface area contributed by atoms with Gasteiger partial charge < -0.3 is 5.73 Å². The average molecular weight is 247 g/mol. The van der Waals surface area contributed by atoms with Crippen LogP contribution in [0.5, 0.6) is 0 Å². The molecule has 0 atom stereocenters. The van der Waals surface area contributed by atoms with E-state index in [0.29, 0.717) is 5.69 Å². The van der Waals surface area contributed by atoms with Crippen LogP contribution in [0.25, 0.3) is 0 Å². The van der Waals surface area contributed by atoms with Gasteiger partial charge in [-0.15, -0.1) is 0 Å². The molecule has 1 aromatic carbocycles. The van der Waals surface area contributed by atoms with Gasteiger partial charge in [0, 0.05) is 12.7 Å². The number of benzene rings is 1.